The highest BCUT2D eigenvalue weighted by Gasteiger charge is 2.24. The molecule has 0 bridgehead atoms. The van der Waals surface area contributed by atoms with E-state index in [4.69, 9.17) is 0 Å². The minimum atomic E-state index is -0.225. The Morgan fingerprint density at radius 1 is 1.24 bits per heavy atom. The van der Waals surface area contributed by atoms with E-state index in [1.54, 1.807) is 0 Å². The summed E-state index contributed by atoms with van der Waals surface area (Å²) in [7, 11) is 0. The molecule has 2 heteroatoms. The van der Waals surface area contributed by atoms with Gasteiger partial charge in [0, 0.05) is 12.6 Å². The van der Waals surface area contributed by atoms with Crippen molar-refractivity contribution >= 4 is 0 Å². The zero-order valence-corrected chi connectivity index (χ0v) is 10.7. The van der Waals surface area contributed by atoms with Gasteiger partial charge in [0.05, 0.1) is 6.10 Å². The number of hydrogen-bond donors (Lipinski definition) is 1. The summed E-state index contributed by atoms with van der Waals surface area (Å²) in [6.07, 6.45) is 4.72. The monoisotopic (exact) mass is 233 g/mol. The molecule has 1 aromatic carbocycles. The number of rotatable bonds is 3. The number of likely N-dealkylation sites (tertiary alicyclic amines) is 1. The Labute approximate surface area is 104 Å². The summed E-state index contributed by atoms with van der Waals surface area (Å²) in [5.41, 5.74) is 1.35. The van der Waals surface area contributed by atoms with Crippen LogP contribution < -0.4 is 0 Å². The second kappa shape index (κ2) is 6.18. The largest absolute Gasteiger partial charge is 0.392 e. The highest BCUT2D eigenvalue weighted by molar-refractivity contribution is 5.14. The number of aliphatic hydroxyl groups is 1. The van der Waals surface area contributed by atoms with E-state index in [9.17, 15) is 5.11 Å². The van der Waals surface area contributed by atoms with Crippen molar-refractivity contribution in [2.45, 2.75) is 51.3 Å². The highest BCUT2D eigenvalue weighted by atomic mass is 16.3. The van der Waals surface area contributed by atoms with Gasteiger partial charge in [-0.3, -0.25) is 4.90 Å². The molecular formula is C15H23NO. The van der Waals surface area contributed by atoms with E-state index in [2.05, 4.69) is 35.2 Å². The lowest BCUT2D eigenvalue weighted by molar-refractivity contribution is 0.0567. The van der Waals surface area contributed by atoms with Crippen molar-refractivity contribution in [3.8, 4) is 0 Å². The van der Waals surface area contributed by atoms with Crippen LogP contribution in [-0.4, -0.2) is 28.7 Å². The Morgan fingerprint density at radius 2 is 2.00 bits per heavy atom. The lowest BCUT2D eigenvalue weighted by Gasteiger charge is -2.32. The number of nitrogens with zero attached hydrogens (tertiary/aromatic N) is 1. The maximum Gasteiger partial charge on any atom is 0.0667 e. The third-order valence-electron chi connectivity index (χ3n) is 3.70. The molecule has 17 heavy (non-hydrogen) atoms. The van der Waals surface area contributed by atoms with Gasteiger partial charge in [0.2, 0.25) is 0 Å². The fraction of sp³-hybridized carbons (Fsp3) is 0.600. The van der Waals surface area contributed by atoms with E-state index in [0.717, 1.165) is 19.5 Å². The second-order valence-electron chi connectivity index (χ2n) is 5.11. The van der Waals surface area contributed by atoms with Gasteiger partial charge in [-0.2, -0.15) is 0 Å². The van der Waals surface area contributed by atoms with Gasteiger partial charge in [0.1, 0.15) is 0 Å². The van der Waals surface area contributed by atoms with Crippen LogP contribution in [0, 0.1) is 0 Å². The fourth-order valence-electron chi connectivity index (χ4n) is 2.75. The summed E-state index contributed by atoms with van der Waals surface area (Å²) >= 11 is 0. The van der Waals surface area contributed by atoms with Crippen LogP contribution in [0.2, 0.25) is 0 Å². The Bertz CT molecular complexity index is 323. The predicted octanol–water partition coefficient (Wildman–Crippen LogP) is 2.81. The van der Waals surface area contributed by atoms with E-state index in [0.29, 0.717) is 6.04 Å². The molecule has 0 aliphatic carbocycles. The van der Waals surface area contributed by atoms with Crippen LogP contribution in [0.5, 0.6) is 0 Å². The molecule has 1 saturated heterocycles. The normalized spacial score (nSPS) is 24.2. The van der Waals surface area contributed by atoms with Crippen molar-refractivity contribution in [3.63, 3.8) is 0 Å². The van der Waals surface area contributed by atoms with Crippen LogP contribution in [-0.2, 0) is 6.54 Å². The third kappa shape index (κ3) is 3.55. The van der Waals surface area contributed by atoms with Crippen LogP contribution in [0.4, 0.5) is 0 Å². The van der Waals surface area contributed by atoms with Crippen molar-refractivity contribution in [1.82, 2.24) is 4.90 Å². The quantitative estimate of drug-likeness (QED) is 0.867. The molecule has 1 fully saturated rings. The maximum atomic E-state index is 9.91. The van der Waals surface area contributed by atoms with Gasteiger partial charge in [-0.05, 0) is 31.9 Å². The minimum absolute atomic E-state index is 0.225. The Hall–Kier alpha value is -0.860. The molecule has 1 N–H and O–H groups in total. The standard InChI is InChI=1S/C15H23NO/c1-13(17)15-10-6-3-7-11-16(15)12-14-8-4-2-5-9-14/h2,4-5,8-9,13,15,17H,3,6-7,10-12H2,1H3. The molecule has 2 atom stereocenters. The van der Waals surface area contributed by atoms with Crippen LogP contribution in [0.15, 0.2) is 30.3 Å². The van der Waals surface area contributed by atoms with E-state index in [1.165, 1.54) is 24.8 Å². The maximum absolute atomic E-state index is 9.91. The average molecular weight is 233 g/mol. The summed E-state index contributed by atoms with van der Waals surface area (Å²) in [5, 5.41) is 9.91. The van der Waals surface area contributed by atoms with Gasteiger partial charge in [-0.15, -0.1) is 0 Å². The van der Waals surface area contributed by atoms with E-state index in [1.807, 2.05) is 6.92 Å². The first kappa shape index (κ1) is 12.6. The Morgan fingerprint density at radius 3 is 2.71 bits per heavy atom. The van der Waals surface area contributed by atoms with Crippen molar-refractivity contribution in [2.24, 2.45) is 0 Å². The van der Waals surface area contributed by atoms with Gasteiger partial charge in [0.25, 0.3) is 0 Å². The van der Waals surface area contributed by atoms with Crippen molar-refractivity contribution < 1.29 is 5.11 Å². The molecule has 94 valence electrons. The van der Waals surface area contributed by atoms with Crippen LogP contribution in [0.25, 0.3) is 0 Å². The van der Waals surface area contributed by atoms with Crippen molar-refractivity contribution in [1.29, 1.82) is 0 Å². The molecule has 0 spiro atoms. The lowest BCUT2D eigenvalue weighted by atomic mass is 10.0. The molecule has 0 radical (unpaired) electrons. The lowest BCUT2D eigenvalue weighted by Crippen LogP contribution is -2.41. The zero-order chi connectivity index (χ0) is 12.1. The summed E-state index contributed by atoms with van der Waals surface area (Å²) in [6, 6.07) is 10.9. The smallest absolute Gasteiger partial charge is 0.0667 e. The SMILES string of the molecule is CC(O)C1CCCCCN1Cc1ccccc1. The van der Waals surface area contributed by atoms with Crippen LogP contribution >= 0.6 is 0 Å². The molecule has 1 aliphatic heterocycles. The van der Waals surface area contributed by atoms with Gasteiger partial charge in [-0.1, -0.05) is 43.2 Å². The molecule has 0 saturated carbocycles. The zero-order valence-electron chi connectivity index (χ0n) is 10.7. The first-order chi connectivity index (χ1) is 8.27. The molecule has 2 unspecified atom stereocenters. The predicted molar refractivity (Wildman–Crippen MR) is 70.8 cm³/mol. The topological polar surface area (TPSA) is 23.5 Å². The average Bonchev–Trinajstić information content (AvgIpc) is 2.56. The first-order valence-corrected chi connectivity index (χ1v) is 6.73. The van der Waals surface area contributed by atoms with Crippen molar-refractivity contribution in [2.75, 3.05) is 6.54 Å². The summed E-state index contributed by atoms with van der Waals surface area (Å²) in [4.78, 5) is 2.45. The van der Waals surface area contributed by atoms with E-state index < -0.39 is 0 Å². The number of benzene rings is 1. The fourth-order valence-corrected chi connectivity index (χ4v) is 2.75. The van der Waals surface area contributed by atoms with Gasteiger partial charge in [0.15, 0.2) is 0 Å². The molecule has 2 nitrogen and oxygen atoms in total. The highest BCUT2D eigenvalue weighted by Crippen LogP contribution is 2.21. The van der Waals surface area contributed by atoms with Gasteiger partial charge >= 0.3 is 0 Å². The molecule has 1 aromatic rings. The first-order valence-electron chi connectivity index (χ1n) is 6.73. The molecule has 1 aliphatic rings. The van der Waals surface area contributed by atoms with Gasteiger partial charge < -0.3 is 5.11 Å². The Kier molecular flexibility index (Phi) is 4.57. The second-order valence-corrected chi connectivity index (χ2v) is 5.11. The number of aliphatic hydroxyl groups excluding tert-OH is 1. The molecule has 2 rings (SSSR count). The third-order valence-corrected chi connectivity index (χ3v) is 3.70. The van der Waals surface area contributed by atoms with Crippen molar-refractivity contribution in [3.05, 3.63) is 35.9 Å². The van der Waals surface area contributed by atoms with Gasteiger partial charge in [-0.25, -0.2) is 0 Å². The van der Waals surface area contributed by atoms with E-state index >= 15 is 0 Å². The van der Waals surface area contributed by atoms with E-state index in [-0.39, 0.29) is 6.10 Å². The minimum Gasteiger partial charge on any atom is -0.392 e. The molecule has 1 heterocycles. The van der Waals surface area contributed by atoms with Crippen LogP contribution in [0.3, 0.4) is 0 Å². The molecule has 0 aromatic heterocycles. The molecule has 0 amide bonds. The summed E-state index contributed by atoms with van der Waals surface area (Å²) in [5.74, 6) is 0. The Balaban J connectivity index is 2.05. The molecular weight excluding hydrogens is 210 g/mol. The summed E-state index contributed by atoms with van der Waals surface area (Å²) in [6.45, 7) is 4.01. The summed E-state index contributed by atoms with van der Waals surface area (Å²) < 4.78 is 0. The number of hydrogen-bond acceptors (Lipinski definition) is 2. The van der Waals surface area contributed by atoms with Crippen LogP contribution in [0.1, 0.15) is 38.2 Å².